The Balaban J connectivity index is 3.00. The molecule has 0 aromatic rings. The molecule has 1 aliphatic carbocycles. The summed E-state index contributed by atoms with van der Waals surface area (Å²) in [6.07, 6.45) is -0.732. The number of carbonyl (C=O) groups is 1. The first-order valence-electron chi connectivity index (χ1n) is 5.17. The Kier molecular flexibility index (Phi) is 4.32. The third-order valence-electron chi connectivity index (χ3n) is 2.21. The number of ether oxygens (including phenoxy) is 1. The summed E-state index contributed by atoms with van der Waals surface area (Å²) >= 11 is 0. The van der Waals surface area contributed by atoms with Crippen LogP contribution < -0.4 is 0 Å². The van der Waals surface area contributed by atoms with Gasteiger partial charge in [-0.1, -0.05) is 0 Å². The second-order valence-corrected chi connectivity index (χ2v) is 5.34. The Morgan fingerprint density at radius 1 is 1.40 bits per heavy atom. The molecule has 0 aromatic carbocycles. The molecular formula is C9H9F5O5S. The molecule has 1 rings (SSSR count). The topological polar surface area (TPSA) is 69.7 Å². The van der Waals surface area contributed by atoms with Crippen molar-refractivity contribution in [3.63, 3.8) is 0 Å². The highest BCUT2D eigenvalue weighted by Gasteiger charge is 2.62. The average Bonchev–Trinajstić information content (AvgIpc) is 2.85. The van der Waals surface area contributed by atoms with Crippen LogP contribution >= 0.6 is 0 Å². The van der Waals surface area contributed by atoms with Gasteiger partial charge >= 0.3 is 21.6 Å². The highest BCUT2D eigenvalue weighted by Crippen LogP contribution is 2.53. The minimum absolute atomic E-state index is 0.171. The van der Waals surface area contributed by atoms with E-state index in [1.165, 1.54) is 6.92 Å². The van der Waals surface area contributed by atoms with E-state index in [0.717, 1.165) is 0 Å². The highest BCUT2D eigenvalue weighted by molar-refractivity contribution is 7.87. The quantitative estimate of drug-likeness (QED) is 0.193. The van der Waals surface area contributed by atoms with E-state index in [9.17, 15) is 35.2 Å². The van der Waals surface area contributed by atoms with Crippen LogP contribution in [0.5, 0.6) is 0 Å². The van der Waals surface area contributed by atoms with Crippen LogP contribution in [-0.4, -0.2) is 32.4 Å². The Bertz CT molecular complexity index is 521. The Labute approximate surface area is 110 Å². The molecule has 0 heterocycles. The summed E-state index contributed by atoms with van der Waals surface area (Å²) in [4.78, 5) is 11.0. The van der Waals surface area contributed by atoms with E-state index in [-0.39, 0.29) is 12.7 Å². The van der Waals surface area contributed by atoms with E-state index < -0.39 is 45.6 Å². The third kappa shape index (κ3) is 3.81. The summed E-state index contributed by atoms with van der Waals surface area (Å²) in [6.45, 7) is 1.19. The molecule has 11 heteroatoms. The molecule has 0 amide bonds. The zero-order valence-corrected chi connectivity index (χ0v) is 10.7. The molecule has 116 valence electrons. The van der Waals surface area contributed by atoms with Crippen LogP contribution in [0.25, 0.3) is 0 Å². The third-order valence-corrected chi connectivity index (χ3v) is 3.18. The van der Waals surface area contributed by atoms with Crippen LogP contribution in [0, 0.1) is 5.92 Å². The van der Waals surface area contributed by atoms with E-state index in [0.29, 0.717) is 0 Å². The first kappa shape index (κ1) is 16.7. The molecule has 1 unspecified atom stereocenters. The van der Waals surface area contributed by atoms with Crippen molar-refractivity contribution in [2.75, 3.05) is 6.61 Å². The fourth-order valence-corrected chi connectivity index (χ4v) is 1.69. The molecule has 0 spiro atoms. The van der Waals surface area contributed by atoms with Crippen molar-refractivity contribution in [3.8, 4) is 0 Å². The molecule has 1 fully saturated rings. The minimum Gasteiger partial charge on any atom is -0.463 e. The molecule has 0 radical (unpaired) electrons. The van der Waals surface area contributed by atoms with Crippen LogP contribution in [-0.2, 0) is 23.8 Å². The van der Waals surface area contributed by atoms with Crippen LogP contribution in [0.15, 0.2) is 11.8 Å². The summed E-state index contributed by atoms with van der Waals surface area (Å²) in [5.74, 6) is -7.88. The predicted molar refractivity (Wildman–Crippen MR) is 53.8 cm³/mol. The summed E-state index contributed by atoms with van der Waals surface area (Å²) in [5, 5.41) is 0. The fraction of sp³-hybridized carbons (Fsp3) is 0.667. The number of halogens is 5. The summed E-state index contributed by atoms with van der Waals surface area (Å²) in [5.41, 5.74) is -5.79. The summed E-state index contributed by atoms with van der Waals surface area (Å²) in [7, 11) is -6.12. The number of esters is 1. The standard InChI is InChI=1S/C9H9F5O5S/c1-2-18-7(15)3-6(5-4-8(5,10)11)19-20(16,17)9(12,13)14/h3,5H,2,4H2,1H3/b6-3-. The largest absolute Gasteiger partial charge is 0.534 e. The van der Waals surface area contributed by atoms with Crippen molar-refractivity contribution in [2.24, 2.45) is 5.92 Å². The van der Waals surface area contributed by atoms with Gasteiger partial charge in [0.1, 0.15) is 5.76 Å². The Morgan fingerprint density at radius 2 is 1.90 bits per heavy atom. The maximum absolute atomic E-state index is 12.8. The van der Waals surface area contributed by atoms with Gasteiger partial charge in [0, 0.05) is 6.42 Å². The van der Waals surface area contributed by atoms with E-state index in [2.05, 4.69) is 8.92 Å². The lowest BCUT2D eigenvalue weighted by Gasteiger charge is -2.12. The Hall–Kier alpha value is -1.39. The zero-order chi connectivity index (χ0) is 15.8. The predicted octanol–water partition coefficient (Wildman–Crippen LogP) is 1.95. The first-order valence-corrected chi connectivity index (χ1v) is 6.58. The number of allylic oxidation sites excluding steroid dienone is 1. The number of rotatable bonds is 5. The molecule has 5 nitrogen and oxygen atoms in total. The normalized spacial score (nSPS) is 22.3. The van der Waals surface area contributed by atoms with Crippen LogP contribution in [0.4, 0.5) is 22.0 Å². The van der Waals surface area contributed by atoms with Crippen LogP contribution in [0.2, 0.25) is 0 Å². The molecule has 0 saturated heterocycles. The summed E-state index contributed by atoms with van der Waals surface area (Å²) in [6, 6.07) is 0. The van der Waals surface area contributed by atoms with Gasteiger partial charge in [-0.2, -0.15) is 21.6 Å². The molecule has 1 aliphatic rings. The number of hydrogen-bond donors (Lipinski definition) is 0. The molecule has 0 aromatic heterocycles. The SMILES string of the molecule is CCOC(=O)/C=C(\OS(=O)(=O)C(F)(F)F)C1CC1(F)F. The van der Waals surface area contributed by atoms with E-state index >= 15 is 0 Å². The zero-order valence-electron chi connectivity index (χ0n) is 9.91. The van der Waals surface area contributed by atoms with Crippen molar-refractivity contribution in [3.05, 3.63) is 11.8 Å². The second-order valence-electron chi connectivity index (χ2n) is 3.80. The van der Waals surface area contributed by atoms with Crippen molar-refractivity contribution in [1.82, 2.24) is 0 Å². The van der Waals surface area contributed by atoms with Crippen LogP contribution in [0.1, 0.15) is 13.3 Å². The van der Waals surface area contributed by atoms with Gasteiger partial charge in [-0.05, 0) is 6.92 Å². The van der Waals surface area contributed by atoms with Crippen molar-refractivity contribution in [2.45, 2.75) is 24.8 Å². The van der Waals surface area contributed by atoms with E-state index in [1.807, 2.05) is 0 Å². The van der Waals surface area contributed by atoms with Gasteiger partial charge < -0.3 is 8.92 Å². The number of alkyl halides is 5. The fourth-order valence-electron chi connectivity index (χ4n) is 1.18. The number of carbonyl (C=O) groups excluding carboxylic acids is 1. The van der Waals surface area contributed by atoms with Gasteiger partial charge in [0.05, 0.1) is 18.6 Å². The van der Waals surface area contributed by atoms with Crippen molar-refractivity contribution < 1.29 is 44.1 Å². The smallest absolute Gasteiger partial charge is 0.463 e. The highest BCUT2D eigenvalue weighted by atomic mass is 32.2. The van der Waals surface area contributed by atoms with Gasteiger partial charge in [-0.15, -0.1) is 0 Å². The molecule has 0 aliphatic heterocycles. The maximum Gasteiger partial charge on any atom is 0.534 e. The lowest BCUT2D eigenvalue weighted by molar-refractivity contribution is -0.137. The van der Waals surface area contributed by atoms with Gasteiger partial charge in [0.2, 0.25) is 0 Å². The molecule has 0 bridgehead atoms. The maximum atomic E-state index is 12.8. The molecular weight excluding hydrogens is 315 g/mol. The average molecular weight is 324 g/mol. The monoisotopic (exact) mass is 324 g/mol. The van der Waals surface area contributed by atoms with Gasteiger partial charge in [-0.3, -0.25) is 0 Å². The molecule has 1 saturated carbocycles. The van der Waals surface area contributed by atoms with E-state index in [1.54, 1.807) is 0 Å². The minimum atomic E-state index is -6.12. The van der Waals surface area contributed by atoms with Gasteiger partial charge in [0.15, 0.2) is 0 Å². The van der Waals surface area contributed by atoms with E-state index in [4.69, 9.17) is 0 Å². The lowest BCUT2D eigenvalue weighted by atomic mass is 10.3. The molecule has 20 heavy (non-hydrogen) atoms. The van der Waals surface area contributed by atoms with Gasteiger partial charge in [-0.25, -0.2) is 13.6 Å². The van der Waals surface area contributed by atoms with Crippen molar-refractivity contribution >= 4 is 16.1 Å². The molecule has 0 N–H and O–H groups in total. The molecule has 1 atom stereocenters. The number of hydrogen-bond acceptors (Lipinski definition) is 5. The van der Waals surface area contributed by atoms with Crippen LogP contribution in [0.3, 0.4) is 0 Å². The first-order chi connectivity index (χ1) is 8.90. The summed E-state index contributed by atoms with van der Waals surface area (Å²) < 4.78 is 91.4. The Morgan fingerprint density at radius 3 is 2.25 bits per heavy atom. The van der Waals surface area contributed by atoms with Gasteiger partial charge in [0.25, 0.3) is 5.92 Å². The lowest BCUT2D eigenvalue weighted by Crippen LogP contribution is -2.26. The van der Waals surface area contributed by atoms with Crippen molar-refractivity contribution in [1.29, 1.82) is 0 Å². The second kappa shape index (κ2) is 5.19.